The lowest BCUT2D eigenvalue weighted by molar-refractivity contribution is -0.0555. The lowest BCUT2D eigenvalue weighted by Gasteiger charge is -2.47. The molecule has 2 nitrogen and oxygen atoms in total. The first-order valence-corrected chi connectivity index (χ1v) is 6.35. The Balaban J connectivity index is 1.91. The molecule has 88 valence electrons. The summed E-state index contributed by atoms with van der Waals surface area (Å²) in [4.78, 5) is 2.62. The van der Waals surface area contributed by atoms with Crippen molar-refractivity contribution in [2.24, 2.45) is 5.41 Å². The summed E-state index contributed by atoms with van der Waals surface area (Å²) < 4.78 is 5.67. The standard InChI is InChI=1S/C13H25NO/c1-12(2,3)14-8-6-13(7-9-14)5-4-10-15-11-13/h4-11H2,1-3H3. The van der Waals surface area contributed by atoms with E-state index in [2.05, 4.69) is 25.7 Å². The second-order valence-electron chi connectivity index (χ2n) is 6.31. The molecule has 2 aliphatic rings. The number of hydrogen-bond donors (Lipinski definition) is 0. The van der Waals surface area contributed by atoms with Gasteiger partial charge < -0.3 is 4.74 Å². The third-order valence-corrected chi connectivity index (χ3v) is 4.18. The Bertz CT molecular complexity index is 203. The molecule has 2 saturated heterocycles. The molecule has 0 aromatic heterocycles. The largest absolute Gasteiger partial charge is 0.381 e. The summed E-state index contributed by atoms with van der Waals surface area (Å²) in [7, 11) is 0. The van der Waals surface area contributed by atoms with Crippen LogP contribution in [0.4, 0.5) is 0 Å². The van der Waals surface area contributed by atoms with Gasteiger partial charge in [0.2, 0.25) is 0 Å². The first-order valence-electron chi connectivity index (χ1n) is 6.35. The van der Waals surface area contributed by atoms with E-state index in [1.54, 1.807) is 0 Å². The molecule has 0 aromatic rings. The highest BCUT2D eigenvalue weighted by molar-refractivity contribution is 4.91. The number of likely N-dealkylation sites (tertiary alicyclic amines) is 1. The number of rotatable bonds is 0. The van der Waals surface area contributed by atoms with Gasteiger partial charge in [-0.25, -0.2) is 0 Å². The van der Waals surface area contributed by atoms with Gasteiger partial charge in [-0.05, 0) is 65.0 Å². The van der Waals surface area contributed by atoms with Gasteiger partial charge in [-0.2, -0.15) is 0 Å². The minimum atomic E-state index is 0.344. The predicted molar refractivity (Wildman–Crippen MR) is 63.0 cm³/mol. The predicted octanol–water partition coefficient (Wildman–Crippen LogP) is 2.68. The Morgan fingerprint density at radius 2 is 1.73 bits per heavy atom. The van der Waals surface area contributed by atoms with Gasteiger partial charge in [0, 0.05) is 12.1 Å². The summed E-state index contributed by atoms with van der Waals surface area (Å²) in [5, 5.41) is 0. The van der Waals surface area contributed by atoms with E-state index in [1.165, 1.54) is 38.8 Å². The maximum atomic E-state index is 5.67. The number of hydrogen-bond acceptors (Lipinski definition) is 2. The minimum absolute atomic E-state index is 0.344. The molecule has 0 atom stereocenters. The second-order valence-corrected chi connectivity index (χ2v) is 6.31. The van der Waals surface area contributed by atoms with Gasteiger partial charge >= 0.3 is 0 Å². The summed E-state index contributed by atoms with van der Waals surface area (Å²) in [5.41, 5.74) is 0.886. The molecule has 15 heavy (non-hydrogen) atoms. The first kappa shape index (κ1) is 11.4. The fourth-order valence-electron chi connectivity index (χ4n) is 2.96. The summed E-state index contributed by atoms with van der Waals surface area (Å²) >= 11 is 0. The molecule has 2 aliphatic heterocycles. The molecule has 0 radical (unpaired) electrons. The lowest BCUT2D eigenvalue weighted by Crippen LogP contribution is -2.50. The summed E-state index contributed by atoms with van der Waals surface area (Å²) in [6.07, 6.45) is 5.34. The monoisotopic (exact) mass is 211 g/mol. The average molecular weight is 211 g/mol. The van der Waals surface area contributed by atoms with Crippen molar-refractivity contribution >= 4 is 0 Å². The summed E-state index contributed by atoms with van der Waals surface area (Å²) in [5.74, 6) is 0. The fraction of sp³-hybridized carbons (Fsp3) is 1.00. The molecular weight excluding hydrogens is 186 g/mol. The molecule has 2 heteroatoms. The van der Waals surface area contributed by atoms with E-state index >= 15 is 0 Å². The molecule has 2 rings (SSSR count). The summed E-state index contributed by atoms with van der Waals surface area (Å²) in [6.45, 7) is 11.5. The molecule has 2 heterocycles. The van der Waals surface area contributed by atoms with Gasteiger partial charge in [0.05, 0.1) is 6.61 Å². The van der Waals surface area contributed by atoms with Crippen LogP contribution in [-0.4, -0.2) is 36.7 Å². The van der Waals surface area contributed by atoms with Gasteiger partial charge in [0.25, 0.3) is 0 Å². The lowest BCUT2D eigenvalue weighted by atomic mass is 9.74. The van der Waals surface area contributed by atoms with E-state index in [0.717, 1.165) is 13.2 Å². The maximum Gasteiger partial charge on any atom is 0.0523 e. The van der Waals surface area contributed by atoms with E-state index in [-0.39, 0.29) is 0 Å². The van der Waals surface area contributed by atoms with Crippen molar-refractivity contribution in [1.82, 2.24) is 4.90 Å². The number of ether oxygens (including phenoxy) is 1. The molecule has 0 saturated carbocycles. The van der Waals surface area contributed by atoms with E-state index in [9.17, 15) is 0 Å². The molecule has 0 bridgehead atoms. The van der Waals surface area contributed by atoms with Crippen LogP contribution in [0.2, 0.25) is 0 Å². The smallest absolute Gasteiger partial charge is 0.0523 e. The highest BCUT2D eigenvalue weighted by atomic mass is 16.5. The van der Waals surface area contributed by atoms with Crippen molar-refractivity contribution in [3.8, 4) is 0 Å². The van der Waals surface area contributed by atoms with E-state index in [4.69, 9.17) is 4.74 Å². The molecule has 0 unspecified atom stereocenters. The van der Waals surface area contributed by atoms with Crippen LogP contribution in [-0.2, 0) is 4.74 Å². The van der Waals surface area contributed by atoms with Gasteiger partial charge in [0.15, 0.2) is 0 Å². The number of piperidine rings is 1. The van der Waals surface area contributed by atoms with E-state index in [1.807, 2.05) is 0 Å². The van der Waals surface area contributed by atoms with Crippen molar-refractivity contribution in [2.75, 3.05) is 26.3 Å². The van der Waals surface area contributed by atoms with Crippen LogP contribution >= 0.6 is 0 Å². The highest BCUT2D eigenvalue weighted by Gasteiger charge is 2.38. The maximum absolute atomic E-state index is 5.67. The SMILES string of the molecule is CC(C)(C)N1CCC2(CCCOC2)CC1. The zero-order valence-corrected chi connectivity index (χ0v) is 10.5. The zero-order chi connectivity index (χ0) is 10.9. The quantitative estimate of drug-likeness (QED) is 0.611. The van der Waals surface area contributed by atoms with Crippen LogP contribution < -0.4 is 0 Å². The third kappa shape index (κ3) is 2.54. The molecule has 0 N–H and O–H groups in total. The van der Waals surface area contributed by atoms with Crippen LogP contribution in [0.5, 0.6) is 0 Å². The van der Waals surface area contributed by atoms with Crippen molar-refractivity contribution in [2.45, 2.75) is 52.0 Å². The Morgan fingerprint density at radius 3 is 2.20 bits per heavy atom. The van der Waals surface area contributed by atoms with Crippen LogP contribution in [0.1, 0.15) is 46.5 Å². The molecule has 0 amide bonds. The van der Waals surface area contributed by atoms with Crippen LogP contribution in [0.3, 0.4) is 0 Å². The van der Waals surface area contributed by atoms with Crippen molar-refractivity contribution in [3.05, 3.63) is 0 Å². The Labute approximate surface area is 94.0 Å². The third-order valence-electron chi connectivity index (χ3n) is 4.18. The van der Waals surface area contributed by atoms with Crippen molar-refractivity contribution in [1.29, 1.82) is 0 Å². The molecule has 2 fully saturated rings. The highest BCUT2D eigenvalue weighted by Crippen LogP contribution is 2.40. The second kappa shape index (κ2) is 4.06. The van der Waals surface area contributed by atoms with Gasteiger partial charge in [-0.15, -0.1) is 0 Å². The van der Waals surface area contributed by atoms with Crippen molar-refractivity contribution in [3.63, 3.8) is 0 Å². The van der Waals surface area contributed by atoms with E-state index < -0.39 is 0 Å². The molecule has 0 aromatic carbocycles. The topological polar surface area (TPSA) is 12.5 Å². The minimum Gasteiger partial charge on any atom is -0.381 e. The molecule has 1 spiro atoms. The van der Waals surface area contributed by atoms with Gasteiger partial charge in [0.1, 0.15) is 0 Å². The normalized spacial score (nSPS) is 28.2. The van der Waals surface area contributed by atoms with Gasteiger partial charge in [-0.3, -0.25) is 4.90 Å². The Hall–Kier alpha value is -0.0800. The fourth-order valence-corrected chi connectivity index (χ4v) is 2.96. The van der Waals surface area contributed by atoms with Crippen molar-refractivity contribution < 1.29 is 4.74 Å². The van der Waals surface area contributed by atoms with Crippen LogP contribution in [0.25, 0.3) is 0 Å². The Kier molecular flexibility index (Phi) is 3.09. The molecule has 0 aliphatic carbocycles. The van der Waals surface area contributed by atoms with Crippen LogP contribution in [0.15, 0.2) is 0 Å². The van der Waals surface area contributed by atoms with Gasteiger partial charge in [-0.1, -0.05) is 0 Å². The first-order chi connectivity index (χ1) is 7.02. The van der Waals surface area contributed by atoms with Crippen LogP contribution in [0, 0.1) is 5.41 Å². The summed E-state index contributed by atoms with van der Waals surface area (Å²) in [6, 6.07) is 0. The Morgan fingerprint density at radius 1 is 1.07 bits per heavy atom. The van der Waals surface area contributed by atoms with E-state index in [0.29, 0.717) is 11.0 Å². The average Bonchev–Trinajstić information content (AvgIpc) is 2.18. The zero-order valence-electron chi connectivity index (χ0n) is 10.5. The number of nitrogens with zero attached hydrogens (tertiary/aromatic N) is 1. The molecular formula is C13H25NO.